The minimum atomic E-state index is -0.463. The van der Waals surface area contributed by atoms with E-state index in [-0.39, 0.29) is 18.9 Å². The SMILES string of the molecule is COC(=O)c1cc(CN(C)C(=O)Cc2c(C)nc3nc(SC)nn3c2C)oc1C. The summed E-state index contributed by atoms with van der Waals surface area (Å²) in [6, 6.07) is 1.61. The van der Waals surface area contributed by atoms with Gasteiger partial charge in [0.05, 0.1) is 20.1 Å². The number of carbonyl (C=O) groups is 2. The molecule has 0 aliphatic heterocycles. The predicted molar refractivity (Wildman–Crippen MR) is 107 cm³/mol. The van der Waals surface area contributed by atoms with Gasteiger partial charge in [0.25, 0.3) is 5.78 Å². The Hall–Kier alpha value is -2.88. The molecule has 0 aromatic carbocycles. The second kappa shape index (κ2) is 8.24. The van der Waals surface area contributed by atoms with Crippen molar-refractivity contribution in [3.63, 3.8) is 0 Å². The molecular formula is C19H23N5O4S. The predicted octanol–water partition coefficient (Wildman–Crippen LogP) is 2.35. The summed E-state index contributed by atoms with van der Waals surface area (Å²) in [5, 5.41) is 5.05. The van der Waals surface area contributed by atoms with Crippen molar-refractivity contribution in [2.45, 2.75) is 38.9 Å². The number of rotatable bonds is 6. The number of aromatic nitrogens is 4. The summed E-state index contributed by atoms with van der Waals surface area (Å²) in [4.78, 5) is 34.9. The lowest BCUT2D eigenvalue weighted by atomic mass is 10.1. The van der Waals surface area contributed by atoms with Crippen LogP contribution in [-0.4, -0.2) is 56.8 Å². The van der Waals surface area contributed by atoms with Gasteiger partial charge in [0.2, 0.25) is 11.1 Å². The molecule has 3 aromatic rings. The van der Waals surface area contributed by atoms with Gasteiger partial charge in [-0.2, -0.15) is 4.98 Å². The van der Waals surface area contributed by atoms with Crippen molar-refractivity contribution in [2.75, 3.05) is 20.4 Å². The summed E-state index contributed by atoms with van der Waals surface area (Å²) in [6.45, 7) is 5.69. The Morgan fingerprint density at radius 3 is 2.66 bits per heavy atom. The van der Waals surface area contributed by atoms with E-state index in [1.807, 2.05) is 20.1 Å². The largest absolute Gasteiger partial charge is 0.465 e. The van der Waals surface area contributed by atoms with Crippen LogP contribution in [0.2, 0.25) is 0 Å². The molecular weight excluding hydrogens is 394 g/mol. The van der Waals surface area contributed by atoms with Gasteiger partial charge in [0.15, 0.2) is 0 Å². The monoisotopic (exact) mass is 417 g/mol. The van der Waals surface area contributed by atoms with Gasteiger partial charge >= 0.3 is 5.97 Å². The number of hydrogen-bond acceptors (Lipinski definition) is 8. The molecule has 29 heavy (non-hydrogen) atoms. The first-order chi connectivity index (χ1) is 13.7. The number of fused-ring (bicyclic) bond motifs is 1. The van der Waals surface area contributed by atoms with Gasteiger partial charge in [-0.1, -0.05) is 11.8 Å². The van der Waals surface area contributed by atoms with Gasteiger partial charge in [0.1, 0.15) is 17.1 Å². The van der Waals surface area contributed by atoms with Crippen molar-refractivity contribution in [3.05, 3.63) is 40.1 Å². The van der Waals surface area contributed by atoms with Gasteiger partial charge < -0.3 is 14.1 Å². The van der Waals surface area contributed by atoms with Crippen molar-refractivity contribution in [3.8, 4) is 0 Å². The molecule has 0 spiro atoms. The fraction of sp³-hybridized carbons (Fsp3) is 0.421. The van der Waals surface area contributed by atoms with Gasteiger partial charge in [-0.15, -0.1) is 5.10 Å². The number of esters is 1. The zero-order valence-electron chi connectivity index (χ0n) is 17.3. The van der Waals surface area contributed by atoms with Gasteiger partial charge in [-0.3, -0.25) is 4.79 Å². The summed E-state index contributed by atoms with van der Waals surface area (Å²) >= 11 is 1.44. The highest BCUT2D eigenvalue weighted by molar-refractivity contribution is 7.98. The summed E-state index contributed by atoms with van der Waals surface area (Å²) < 4.78 is 12.0. The van der Waals surface area contributed by atoms with E-state index >= 15 is 0 Å². The third kappa shape index (κ3) is 4.12. The van der Waals surface area contributed by atoms with E-state index in [0.29, 0.717) is 28.0 Å². The molecule has 0 fully saturated rings. The molecule has 10 heteroatoms. The average Bonchev–Trinajstić information content (AvgIpc) is 3.27. The quantitative estimate of drug-likeness (QED) is 0.445. The second-order valence-corrected chi connectivity index (χ2v) is 7.45. The number of methoxy groups -OCH3 is 1. The Morgan fingerprint density at radius 1 is 1.28 bits per heavy atom. The van der Waals surface area contributed by atoms with Gasteiger partial charge in [-0.25, -0.2) is 14.3 Å². The normalized spacial score (nSPS) is 11.1. The molecule has 3 heterocycles. The fourth-order valence-electron chi connectivity index (χ4n) is 3.07. The number of thioether (sulfide) groups is 1. The molecule has 0 N–H and O–H groups in total. The van der Waals surface area contributed by atoms with Crippen LogP contribution in [0.4, 0.5) is 0 Å². The molecule has 0 atom stereocenters. The van der Waals surface area contributed by atoms with E-state index in [1.54, 1.807) is 29.5 Å². The molecule has 1 amide bonds. The van der Waals surface area contributed by atoms with Crippen LogP contribution in [0, 0.1) is 20.8 Å². The summed E-state index contributed by atoms with van der Waals surface area (Å²) in [5.41, 5.74) is 2.76. The molecule has 0 saturated heterocycles. The van der Waals surface area contributed by atoms with Crippen molar-refractivity contribution in [1.29, 1.82) is 0 Å². The van der Waals surface area contributed by atoms with Gasteiger partial charge in [-0.05, 0) is 33.1 Å². The Balaban J connectivity index is 1.78. The maximum atomic E-state index is 12.8. The summed E-state index contributed by atoms with van der Waals surface area (Å²) in [5.74, 6) is 0.938. The summed E-state index contributed by atoms with van der Waals surface area (Å²) in [6.07, 6.45) is 2.08. The smallest absolute Gasteiger partial charge is 0.341 e. The van der Waals surface area contributed by atoms with Crippen molar-refractivity contribution in [2.24, 2.45) is 0 Å². The number of likely N-dealkylation sites (N-methyl/N-ethyl adjacent to an activating group) is 1. The molecule has 0 radical (unpaired) electrons. The van der Waals surface area contributed by atoms with Crippen LogP contribution in [0.25, 0.3) is 5.78 Å². The Bertz CT molecular complexity index is 1090. The maximum Gasteiger partial charge on any atom is 0.341 e. The first kappa shape index (κ1) is 20.8. The molecule has 3 aromatic heterocycles. The molecule has 0 saturated carbocycles. The van der Waals surface area contributed by atoms with Crippen LogP contribution in [0.1, 0.15) is 38.8 Å². The number of nitrogens with zero attached hydrogens (tertiary/aromatic N) is 5. The van der Waals surface area contributed by atoms with E-state index in [9.17, 15) is 9.59 Å². The number of amides is 1. The number of aryl methyl sites for hydroxylation is 3. The van der Waals surface area contributed by atoms with Crippen LogP contribution in [-0.2, 0) is 22.5 Å². The minimum Gasteiger partial charge on any atom is -0.465 e. The third-order valence-electron chi connectivity index (χ3n) is 4.73. The van der Waals surface area contributed by atoms with Crippen LogP contribution in [0.5, 0.6) is 0 Å². The highest BCUT2D eigenvalue weighted by Crippen LogP contribution is 2.20. The molecule has 0 aliphatic rings. The lowest BCUT2D eigenvalue weighted by molar-refractivity contribution is -0.129. The van der Waals surface area contributed by atoms with Crippen LogP contribution in [0.15, 0.2) is 15.6 Å². The fourth-order valence-corrected chi connectivity index (χ4v) is 3.41. The standard InChI is InChI=1S/C19H23N5O4S/c1-10-14(11(2)24-18(20-10)21-19(22-24)29-6)8-16(25)23(4)9-13-7-15(12(3)28-13)17(26)27-5/h7H,8-9H2,1-6H3. The summed E-state index contributed by atoms with van der Waals surface area (Å²) in [7, 11) is 3.01. The van der Waals surface area contributed by atoms with Crippen molar-refractivity contribution < 1.29 is 18.7 Å². The number of furan rings is 1. The third-order valence-corrected chi connectivity index (χ3v) is 5.27. The highest BCUT2D eigenvalue weighted by Gasteiger charge is 2.20. The zero-order chi connectivity index (χ0) is 21.3. The Morgan fingerprint density at radius 2 is 2.00 bits per heavy atom. The van der Waals surface area contributed by atoms with E-state index in [4.69, 9.17) is 9.15 Å². The maximum absolute atomic E-state index is 12.8. The number of hydrogen-bond donors (Lipinski definition) is 0. The first-order valence-corrected chi connectivity index (χ1v) is 10.2. The zero-order valence-corrected chi connectivity index (χ0v) is 18.1. The molecule has 0 aliphatic carbocycles. The van der Waals surface area contributed by atoms with Crippen LogP contribution < -0.4 is 0 Å². The lowest BCUT2D eigenvalue weighted by Crippen LogP contribution is -2.28. The van der Waals surface area contributed by atoms with E-state index in [1.165, 1.54) is 18.9 Å². The van der Waals surface area contributed by atoms with Crippen molar-refractivity contribution >= 4 is 29.4 Å². The highest BCUT2D eigenvalue weighted by atomic mass is 32.2. The number of ether oxygens (including phenoxy) is 1. The topological polar surface area (TPSA) is 103 Å². The first-order valence-electron chi connectivity index (χ1n) is 8.93. The molecule has 0 unspecified atom stereocenters. The van der Waals surface area contributed by atoms with E-state index in [2.05, 4.69) is 15.1 Å². The molecule has 154 valence electrons. The molecule has 3 rings (SSSR count). The molecule has 0 bridgehead atoms. The van der Waals surface area contributed by atoms with Gasteiger partial charge in [0, 0.05) is 24.0 Å². The van der Waals surface area contributed by atoms with Crippen LogP contribution in [0.3, 0.4) is 0 Å². The van der Waals surface area contributed by atoms with E-state index in [0.717, 1.165) is 17.0 Å². The average molecular weight is 417 g/mol. The lowest BCUT2D eigenvalue weighted by Gasteiger charge is -2.17. The van der Waals surface area contributed by atoms with E-state index < -0.39 is 5.97 Å². The minimum absolute atomic E-state index is 0.101. The van der Waals surface area contributed by atoms with Crippen LogP contribution >= 0.6 is 11.8 Å². The van der Waals surface area contributed by atoms with Crippen molar-refractivity contribution in [1.82, 2.24) is 24.5 Å². The number of carbonyl (C=O) groups excluding carboxylic acids is 2. The Labute approximate surface area is 172 Å². The Kier molecular flexibility index (Phi) is 5.92. The molecule has 9 nitrogen and oxygen atoms in total. The second-order valence-electron chi connectivity index (χ2n) is 6.67.